The predicted octanol–water partition coefficient (Wildman–Crippen LogP) is 4.36. The van der Waals surface area contributed by atoms with Gasteiger partial charge in [-0.3, -0.25) is 4.90 Å². The molecular weight excluding hydrogens is 318 g/mol. The second-order valence-corrected chi connectivity index (χ2v) is 8.88. The maximum absolute atomic E-state index is 12.8. The van der Waals surface area contributed by atoms with E-state index in [9.17, 15) is 9.59 Å². The SMILES string of the molecule is CC(C)(C)C[C@H]1C(=O)O[C@H](C(C)(C)C)N1C(=O)OCc1ccccc1. The van der Waals surface area contributed by atoms with Crippen LogP contribution in [0.5, 0.6) is 0 Å². The van der Waals surface area contributed by atoms with Crippen LogP contribution in [-0.4, -0.2) is 29.2 Å². The maximum atomic E-state index is 12.8. The fourth-order valence-corrected chi connectivity index (χ4v) is 2.89. The highest BCUT2D eigenvalue weighted by Gasteiger charge is 2.51. The van der Waals surface area contributed by atoms with E-state index in [2.05, 4.69) is 0 Å². The van der Waals surface area contributed by atoms with Crippen LogP contribution in [0.2, 0.25) is 0 Å². The van der Waals surface area contributed by atoms with E-state index in [-0.39, 0.29) is 18.0 Å². The molecule has 5 nitrogen and oxygen atoms in total. The van der Waals surface area contributed by atoms with Crippen molar-refractivity contribution in [2.75, 3.05) is 0 Å². The minimum absolute atomic E-state index is 0.117. The summed E-state index contributed by atoms with van der Waals surface area (Å²) in [5, 5.41) is 0. The van der Waals surface area contributed by atoms with E-state index in [0.29, 0.717) is 6.42 Å². The number of esters is 1. The van der Waals surface area contributed by atoms with Crippen LogP contribution >= 0.6 is 0 Å². The normalized spacial score (nSPS) is 21.2. The molecule has 1 amide bonds. The Morgan fingerprint density at radius 3 is 2.24 bits per heavy atom. The van der Waals surface area contributed by atoms with Gasteiger partial charge in [-0.1, -0.05) is 71.9 Å². The number of carbonyl (C=O) groups is 2. The Bertz CT molecular complexity index is 613. The lowest BCUT2D eigenvalue weighted by Gasteiger charge is -2.34. The third kappa shape index (κ3) is 4.97. The molecule has 0 radical (unpaired) electrons. The summed E-state index contributed by atoms with van der Waals surface area (Å²) in [5.74, 6) is -0.355. The number of rotatable bonds is 3. The summed E-state index contributed by atoms with van der Waals surface area (Å²) in [6, 6.07) is 8.87. The highest BCUT2D eigenvalue weighted by molar-refractivity contribution is 5.84. The second-order valence-electron chi connectivity index (χ2n) is 8.88. The summed E-state index contributed by atoms with van der Waals surface area (Å²) in [6.07, 6.45) is -0.613. The van der Waals surface area contributed by atoms with Crippen molar-refractivity contribution in [1.82, 2.24) is 4.90 Å². The predicted molar refractivity (Wildman–Crippen MR) is 95.7 cm³/mol. The standard InChI is InChI=1S/C20H29NO4/c1-19(2,3)12-15-16(22)25-17(20(4,5)6)21(15)18(23)24-13-14-10-8-7-9-11-14/h7-11,15,17H,12-13H2,1-6H3/t15-,17+/m0/s1. The van der Waals surface area contributed by atoms with Gasteiger partial charge in [-0.2, -0.15) is 0 Å². The molecule has 1 aromatic carbocycles. The van der Waals surface area contributed by atoms with Crippen LogP contribution in [0.4, 0.5) is 4.79 Å². The van der Waals surface area contributed by atoms with E-state index in [0.717, 1.165) is 5.56 Å². The molecule has 5 heteroatoms. The van der Waals surface area contributed by atoms with Gasteiger partial charge in [-0.25, -0.2) is 9.59 Å². The number of benzene rings is 1. The van der Waals surface area contributed by atoms with Crippen LogP contribution < -0.4 is 0 Å². The molecule has 0 N–H and O–H groups in total. The molecule has 1 aliphatic heterocycles. The number of cyclic esters (lactones) is 1. The molecular formula is C20H29NO4. The first-order valence-corrected chi connectivity index (χ1v) is 8.68. The van der Waals surface area contributed by atoms with E-state index >= 15 is 0 Å². The molecule has 0 bridgehead atoms. The van der Waals surface area contributed by atoms with Crippen molar-refractivity contribution in [3.63, 3.8) is 0 Å². The smallest absolute Gasteiger partial charge is 0.413 e. The van der Waals surface area contributed by atoms with Gasteiger partial charge in [0, 0.05) is 5.41 Å². The minimum atomic E-state index is -0.629. The molecule has 0 saturated carbocycles. The van der Waals surface area contributed by atoms with Gasteiger partial charge >= 0.3 is 12.1 Å². The lowest BCUT2D eigenvalue weighted by Crippen LogP contribution is -2.49. The Morgan fingerprint density at radius 1 is 1.12 bits per heavy atom. The van der Waals surface area contributed by atoms with Crippen molar-refractivity contribution < 1.29 is 19.1 Å². The van der Waals surface area contributed by atoms with E-state index in [1.807, 2.05) is 71.9 Å². The van der Waals surface area contributed by atoms with E-state index < -0.39 is 23.8 Å². The Labute approximate surface area is 150 Å². The summed E-state index contributed by atoms with van der Waals surface area (Å²) in [7, 11) is 0. The number of hydrogen-bond acceptors (Lipinski definition) is 4. The van der Waals surface area contributed by atoms with Gasteiger partial charge in [0.1, 0.15) is 12.6 Å². The van der Waals surface area contributed by atoms with Gasteiger partial charge < -0.3 is 9.47 Å². The van der Waals surface area contributed by atoms with Gasteiger partial charge in [0.2, 0.25) is 0 Å². The molecule has 138 valence electrons. The average Bonchev–Trinajstić information content (AvgIpc) is 2.81. The second kappa shape index (κ2) is 7.06. The molecule has 0 spiro atoms. The Kier molecular flexibility index (Phi) is 5.45. The first-order chi connectivity index (χ1) is 11.5. The molecule has 1 fully saturated rings. The largest absolute Gasteiger partial charge is 0.444 e. The molecule has 0 aliphatic carbocycles. The average molecular weight is 347 g/mol. The van der Waals surface area contributed by atoms with Crippen LogP contribution in [0.15, 0.2) is 30.3 Å². The molecule has 1 heterocycles. The fraction of sp³-hybridized carbons (Fsp3) is 0.600. The summed E-state index contributed by atoms with van der Waals surface area (Å²) in [6.45, 7) is 12.1. The van der Waals surface area contributed by atoms with Gasteiger partial charge in [0.15, 0.2) is 6.23 Å². The topological polar surface area (TPSA) is 55.8 Å². The molecule has 1 aliphatic rings. The first kappa shape index (κ1) is 19.3. The summed E-state index contributed by atoms with van der Waals surface area (Å²) < 4.78 is 11.0. The fourth-order valence-electron chi connectivity index (χ4n) is 2.89. The van der Waals surface area contributed by atoms with E-state index in [1.165, 1.54) is 4.90 Å². The monoisotopic (exact) mass is 347 g/mol. The molecule has 1 saturated heterocycles. The maximum Gasteiger partial charge on any atom is 0.413 e. The quantitative estimate of drug-likeness (QED) is 0.762. The molecule has 1 aromatic rings. The summed E-state index contributed by atoms with van der Waals surface area (Å²) in [4.78, 5) is 26.7. The molecule has 25 heavy (non-hydrogen) atoms. The van der Waals surface area contributed by atoms with Gasteiger partial charge in [0.25, 0.3) is 0 Å². The van der Waals surface area contributed by atoms with Crippen LogP contribution in [0.25, 0.3) is 0 Å². The van der Waals surface area contributed by atoms with Crippen molar-refractivity contribution in [3.8, 4) is 0 Å². The van der Waals surface area contributed by atoms with Crippen LogP contribution in [0.3, 0.4) is 0 Å². The third-order valence-corrected chi connectivity index (χ3v) is 4.05. The third-order valence-electron chi connectivity index (χ3n) is 4.05. The number of nitrogens with zero attached hydrogens (tertiary/aromatic N) is 1. The Hall–Kier alpha value is -2.04. The summed E-state index contributed by atoms with van der Waals surface area (Å²) >= 11 is 0. The molecule has 2 atom stereocenters. The van der Waals surface area contributed by atoms with Crippen LogP contribution in [-0.2, 0) is 20.9 Å². The zero-order valence-corrected chi connectivity index (χ0v) is 16.0. The zero-order chi connectivity index (χ0) is 18.8. The lowest BCUT2D eigenvalue weighted by molar-refractivity contribution is -0.147. The van der Waals surface area contributed by atoms with Crippen molar-refractivity contribution in [1.29, 1.82) is 0 Å². The van der Waals surface area contributed by atoms with Crippen LogP contribution in [0, 0.1) is 10.8 Å². The van der Waals surface area contributed by atoms with Gasteiger partial charge in [-0.05, 0) is 17.4 Å². The van der Waals surface area contributed by atoms with Gasteiger partial charge in [0.05, 0.1) is 0 Å². The highest BCUT2D eigenvalue weighted by Crippen LogP contribution is 2.37. The zero-order valence-electron chi connectivity index (χ0n) is 16.0. The number of hydrogen-bond donors (Lipinski definition) is 0. The van der Waals surface area contributed by atoms with Crippen molar-refractivity contribution in [2.45, 2.75) is 66.8 Å². The first-order valence-electron chi connectivity index (χ1n) is 8.68. The molecule has 2 rings (SSSR count). The molecule has 0 aromatic heterocycles. The Morgan fingerprint density at radius 2 is 1.72 bits per heavy atom. The minimum Gasteiger partial charge on any atom is -0.444 e. The van der Waals surface area contributed by atoms with E-state index in [1.54, 1.807) is 0 Å². The number of carbonyl (C=O) groups excluding carboxylic acids is 2. The molecule has 0 unspecified atom stereocenters. The van der Waals surface area contributed by atoms with Crippen molar-refractivity contribution in [3.05, 3.63) is 35.9 Å². The number of ether oxygens (including phenoxy) is 2. The van der Waals surface area contributed by atoms with Crippen LogP contribution in [0.1, 0.15) is 53.5 Å². The lowest BCUT2D eigenvalue weighted by atomic mass is 9.87. The summed E-state index contributed by atoms with van der Waals surface area (Å²) in [5.41, 5.74) is 0.393. The van der Waals surface area contributed by atoms with Gasteiger partial charge in [-0.15, -0.1) is 0 Å². The van der Waals surface area contributed by atoms with E-state index in [4.69, 9.17) is 9.47 Å². The number of amides is 1. The Balaban J connectivity index is 2.19. The van der Waals surface area contributed by atoms with Crippen molar-refractivity contribution in [2.24, 2.45) is 10.8 Å². The highest BCUT2D eigenvalue weighted by atomic mass is 16.6. The van der Waals surface area contributed by atoms with Crippen molar-refractivity contribution >= 4 is 12.1 Å².